The number of carbonyl (C=O) groups is 1. The van der Waals surface area contributed by atoms with E-state index in [1.165, 1.54) is 0 Å². The van der Waals surface area contributed by atoms with Crippen molar-refractivity contribution in [1.82, 2.24) is 15.5 Å². The molecule has 0 bridgehead atoms. The molecule has 0 aromatic carbocycles. The van der Waals surface area contributed by atoms with Crippen molar-refractivity contribution in [3.8, 4) is 0 Å². The minimum Gasteiger partial charge on any atom is -0.480 e. The highest BCUT2D eigenvalue weighted by Crippen LogP contribution is 2.24. The van der Waals surface area contributed by atoms with Gasteiger partial charge in [-0.1, -0.05) is 36.4 Å². The number of nitrogens with zero attached hydrogens (tertiary/aromatic N) is 2. The molecular formula is C12H21N3O2S2. The predicted octanol–water partition coefficient (Wildman–Crippen LogP) is 2.56. The molecule has 1 aromatic heterocycles. The third kappa shape index (κ3) is 5.46. The van der Waals surface area contributed by atoms with Crippen LogP contribution in [0.25, 0.3) is 0 Å². The summed E-state index contributed by atoms with van der Waals surface area (Å²) in [6, 6.07) is 0. The van der Waals surface area contributed by atoms with Gasteiger partial charge < -0.3 is 10.4 Å². The van der Waals surface area contributed by atoms with Crippen LogP contribution in [0, 0.1) is 6.92 Å². The van der Waals surface area contributed by atoms with Gasteiger partial charge in [0.15, 0.2) is 4.34 Å². The molecule has 0 amide bonds. The van der Waals surface area contributed by atoms with Crippen molar-refractivity contribution >= 4 is 29.1 Å². The summed E-state index contributed by atoms with van der Waals surface area (Å²) in [6.07, 6.45) is 2.52. The number of rotatable bonds is 9. The number of thioether (sulfide) groups is 1. The number of aromatic nitrogens is 2. The third-order valence-corrected chi connectivity index (χ3v) is 4.90. The van der Waals surface area contributed by atoms with Crippen molar-refractivity contribution in [2.75, 3.05) is 12.3 Å². The van der Waals surface area contributed by atoms with Crippen molar-refractivity contribution in [3.63, 3.8) is 0 Å². The van der Waals surface area contributed by atoms with Gasteiger partial charge in [-0.15, -0.1) is 10.2 Å². The van der Waals surface area contributed by atoms with E-state index < -0.39 is 11.5 Å². The van der Waals surface area contributed by atoms with Crippen molar-refractivity contribution in [2.24, 2.45) is 0 Å². The molecule has 1 heterocycles. The van der Waals surface area contributed by atoms with Gasteiger partial charge >= 0.3 is 5.97 Å². The molecule has 108 valence electrons. The zero-order valence-corrected chi connectivity index (χ0v) is 13.2. The van der Waals surface area contributed by atoms with E-state index in [4.69, 9.17) is 0 Å². The van der Waals surface area contributed by atoms with Crippen molar-refractivity contribution in [2.45, 2.75) is 49.9 Å². The number of nitrogens with one attached hydrogen (secondary N) is 1. The molecule has 1 rings (SSSR count). The molecule has 0 aliphatic rings. The first-order chi connectivity index (χ1) is 8.98. The van der Waals surface area contributed by atoms with Gasteiger partial charge in [-0.05, 0) is 33.2 Å². The van der Waals surface area contributed by atoms with Gasteiger partial charge in [0.2, 0.25) is 0 Å². The number of carboxylic acids is 1. The molecule has 0 aliphatic heterocycles. The molecule has 0 aliphatic carbocycles. The first-order valence-electron chi connectivity index (χ1n) is 6.39. The van der Waals surface area contributed by atoms with Crippen LogP contribution in [0.1, 0.15) is 38.1 Å². The smallest absolute Gasteiger partial charge is 0.323 e. The van der Waals surface area contributed by atoms with Crippen LogP contribution in [0.5, 0.6) is 0 Å². The second kappa shape index (κ2) is 7.81. The van der Waals surface area contributed by atoms with Crippen LogP contribution in [0.15, 0.2) is 4.34 Å². The molecule has 2 N–H and O–H groups in total. The first kappa shape index (κ1) is 16.4. The van der Waals surface area contributed by atoms with E-state index >= 15 is 0 Å². The number of aryl methyl sites for hydroxylation is 1. The zero-order chi connectivity index (χ0) is 14.3. The topological polar surface area (TPSA) is 75.1 Å². The Hall–Kier alpha value is -0.660. The molecule has 19 heavy (non-hydrogen) atoms. The Morgan fingerprint density at radius 3 is 2.74 bits per heavy atom. The molecule has 7 heteroatoms. The highest BCUT2D eigenvalue weighted by atomic mass is 32.2. The summed E-state index contributed by atoms with van der Waals surface area (Å²) >= 11 is 3.29. The Kier molecular flexibility index (Phi) is 6.74. The Morgan fingerprint density at radius 2 is 2.21 bits per heavy atom. The number of carboxylic acid groups (broad SMARTS) is 1. The number of hydrogen-bond acceptors (Lipinski definition) is 6. The minimum absolute atomic E-state index is 0.645. The fourth-order valence-corrected chi connectivity index (χ4v) is 3.62. The van der Waals surface area contributed by atoms with Gasteiger partial charge in [-0.2, -0.15) is 0 Å². The zero-order valence-electron chi connectivity index (χ0n) is 11.6. The molecule has 1 atom stereocenters. The molecule has 0 fully saturated rings. The summed E-state index contributed by atoms with van der Waals surface area (Å²) in [5.41, 5.74) is -0.807. The van der Waals surface area contributed by atoms with Gasteiger partial charge in [-0.3, -0.25) is 4.79 Å². The van der Waals surface area contributed by atoms with Crippen LogP contribution in [-0.2, 0) is 4.79 Å². The van der Waals surface area contributed by atoms with E-state index in [1.807, 2.05) is 13.8 Å². The van der Waals surface area contributed by atoms with E-state index in [0.717, 1.165) is 27.9 Å². The van der Waals surface area contributed by atoms with E-state index in [1.54, 1.807) is 30.0 Å². The highest BCUT2D eigenvalue weighted by Gasteiger charge is 2.30. The molecule has 1 unspecified atom stereocenters. The van der Waals surface area contributed by atoms with Crippen molar-refractivity contribution in [1.29, 1.82) is 0 Å². The number of hydrogen-bond donors (Lipinski definition) is 2. The number of unbranched alkanes of at least 4 members (excludes halogenated alkanes) is 1. The molecule has 0 saturated heterocycles. The maximum absolute atomic E-state index is 11.2. The van der Waals surface area contributed by atoms with Crippen LogP contribution >= 0.6 is 23.1 Å². The summed E-state index contributed by atoms with van der Waals surface area (Å²) in [7, 11) is 0. The molecule has 0 spiro atoms. The second-order valence-electron chi connectivity index (χ2n) is 4.56. The van der Waals surface area contributed by atoms with Crippen molar-refractivity contribution < 1.29 is 9.90 Å². The summed E-state index contributed by atoms with van der Waals surface area (Å²) in [5.74, 6) is 0.179. The number of aliphatic carboxylic acids is 1. The van der Waals surface area contributed by atoms with E-state index in [2.05, 4.69) is 15.5 Å². The average molecular weight is 303 g/mol. The third-order valence-electron chi connectivity index (χ3n) is 2.84. The van der Waals surface area contributed by atoms with E-state index in [-0.39, 0.29) is 0 Å². The average Bonchev–Trinajstić information content (AvgIpc) is 2.75. The summed E-state index contributed by atoms with van der Waals surface area (Å²) in [6.45, 7) is 6.28. The molecule has 0 radical (unpaired) electrons. The van der Waals surface area contributed by atoms with Crippen LogP contribution < -0.4 is 5.32 Å². The van der Waals surface area contributed by atoms with Crippen LogP contribution in [0.2, 0.25) is 0 Å². The van der Waals surface area contributed by atoms with Gasteiger partial charge in [0.05, 0.1) is 0 Å². The summed E-state index contributed by atoms with van der Waals surface area (Å²) in [5, 5.41) is 21.2. The molecular weight excluding hydrogens is 282 g/mol. The highest BCUT2D eigenvalue weighted by molar-refractivity contribution is 8.01. The molecule has 5 nitrogen and oxygen atoms in total. The fourth-order valence-electron chi connectivity index (χ4n) is 1.74. The Balaban J connectivity index is 2.24. The fraction of sp³-hybridized carbons (Fsp3) is 0.750. The quantitative estimate of drug-likeness (QED) is 0.539. The van der Waals surface area contributed by atoms with Gasteiger partial charge in [-0.25, -0.2) is 0 Å². The van der Waals surface area contributed by atoms with Gasteiger partial charge in [0.1, 0.15) is 10.5 Å². The Labute approximate surface area is 122 Å². The van der Waals surface area contributed by atoms with Crippen LogP contribution in [-0.4, -0.2) is 39.1 Å². The maximum atomic E-state index is 11.2. The van der Waals surface area contributed by atoms with E-state index in [9.17, 15) is 9.90 Å². The lowest BCUT2D eigenvalue weighted by atomic mass is 9.95. The Bertz CT molecular complexity index is 411. The predicted molar refractivity (Wildman–Crippen MR) is 78.9 cm³/mol. The second-order valence-corrected chi connectivity index (χ2v) is 7.08. The van der Waals surface area contributed by atoms with Crippen LogP contribution in [0.3, 0.4) is 0 Å². The van der Waals surface area contributed by atoms with Crippen LogP contribution in [0.4, 0.5) is 0 Å². The lowest BCUT2D eigenvalue weighted by Gasteiger charge is -2.25. The lowest BCUT2D eigenvalue weighted by molar-refractivity contribution is -0.144. The van der Waals surface area contributed by atoms with Gasteiger partial charge in [0, 0.05) is 5.75 Å². The monoisotopic (exact) mass is 303 g/mol. The molecule has 1 aromatic rings. The largest absolute Gasteiger partial charge is 0.480 e. The SMILES string of the molecule is CCNC(C)(CCCCSc1nnc(C)s1)C(=O)O. The van der Waals surface area contributed by atoms with Crippen molar-refractivity contribution in [3.05, 3.63) is 5.01 Å². The molecule has 0 saturated carbocycles. The first-order valence-corrected chi connectivity index (χ1v) is 8.19. The minimum atomic E-state index is -0.807. The summed E-state index contributed by atoms with van der Waals surface area (Å²) < 4.78 is 0.991. The Morgan fingerprint density at radius 1 is 1.47 bits per heavy atom. The number of likely N-dealkylation sites (N-methyl/N-ethyl adjacent to an activating group) is 1. The normalized spacial score (nSPS) is 14.3. The standard InChI is InChI=1S/C12H21N3O2S2/c1-4-13-12(3,10(16)17)7-5-6-8-18-11-15-14-9(2)19-11/h13H,4-8H2,1-3H3,(H,16,17). The summed E-state index contributed by atoms with van der Waals surface area (Å²) in [4.78, 5) is 11.2. The maximum Gasteiger partial charge on any atom is 0.323 e. The lowest BCUT2D eigenvalue weighted by Crippen LogP contribution is -2.49. The van der Waals surface area contributed by atoms with E-state index in [0.29, 0.717) is 13.0 Å². The van der Waals surface area contributed by atoms with Gasteiger partial charge in [0.25, 0.3) is 0 Å².